The molecule has 1 aromatic rings. The zero-order valence-corrected chi connectivity index (χ0v) is 18.7. The van der Waals surface area contributed by atoms with Crippen LogP contribution < -0.4 is 11.1 Å². The van der Waals surface area contributed by atoms with Gasteiger partial charge in [-0.25, -0.2) is 4.79 Å². The number of nitrogens with one attached hydrogen (secondary N) is 1. The van der Waals surface area contributed by atoms with E-state index in [1.807, 2.05) is 18.2 Å². The van der Waals surface area contributed by atoms with Gasteiger partial charge in [0, 0.05) is 24.7 Å². The van der Waals surface area contributed by atoms with Gasteiger partial charge in [0.15, 0.2) is 5.70 Å². The lowest BCUT2D eigenvalue weighted by Crippen LogP contribution is -2.60. The molecule has 3 heterocycles. The molecule has 32 heavy (non-hydrogen) atoms. The second-order valence-corrected chi connectivity index (χ2v) is 9.22. The van der Waals surface area contributed by atoms with Gasteiger partial charge in [-0.2, -0.15) is 0 Å². The van der Waals surface area contributed by atoms with Crippen molar-refractivity contribution < 1.29 is 34.5 Å². The highest BCUT2D eigenvalue weighted by Crippen LogP contribution is 2.53. The summed E-state index contributed by atoms with van der Waals surface area (Å²) in [6.07, 6.45) is 2.38. The maximum Gasteiger partial charge on any atom is 0.354 e. The summed E-state index contributed by atoms with van der Waals surface area (Å²) in [6, 6.07) is 4.75. The number of fused-ring (bicyclic) bond motifs is 1. The van der Waals surface area contributed by atoms with Gasteiger partial charge in [0.05, 0.1) is 28.7 Å². The number of aromatic nitrogens is 1. The van der Waals surface area contributed by atoms with E-state index in [2.05, 4.69) is 10.3 Å². The highest BCUT2D eigenvalue weighted by atomic mass is 32.2. The van der Waals surface area contributed by atoms with E-state index in [0.717, 1.165) is 28.4 Å². The summed E-state index contributed by atoms with van der Waals surface area (Å²) >= 11 is 2.20. The fourth-order valence-corrected chi connectivity index (χ4v) is 5.73. The van der Waals surface area contributed by atoms with E-state index < -0.39 is 47.2 Å². The fraction of sp³-hybridized carbons (Fsp3) is 0.421. The van der Waals surface area contributed by atoms with Crippen LogP contribution in [-0.4, -0.2) is 78.8 Å². The van der Waals surface area contributed by atoms with Crippen molar-refractivity contribution in [2.45, 2.75) is 30.9 Å². The number of nitrogens with two attached hydrogens (primary N) is 1. The molecule has 0 aliphatic carbocycles. The number of hydrogen-bond donors (Lipinski definition) is 5. The predicted octanol–water partition coefficient (Wildman–Crippen LogP) is -0.115. The molecule has 1 unspecified atom stereocenters. The van der Waals surface area contributed by atoms with Crippen LogP contribution in [0.4, 0.5) is 0 Å². The van der Waals surface area contributed by atoms with Crippen LogP contribution in [-0.2, 0) is 19.2 Å². The highest BCUT2D eigenvalue weighted by Gasteiger charge is 2.57. The maximum atomic E-state index is 12.1. The monoisotopic (exact) mass is 484 g/mol. The molecule has 0 radical (unpaired) electrons. The molecule has 6 N–H and O–H groups in total. The second kappa shape index (κ2) is 11.9. The molecule has 0 aromatic carbocycles. The molecule has 2 aliphatic heterocycles. The van der Waals surface area contributed by atoms with Crippen molar-refractivity contribution in [3.8, 4) is 0 Å². The number of carboxylic acid groups (broad SMARTS) is 2. The zero-order valence-electron chi connectivity index (χ0n) is 17.1. The largest absolute Gasteiger partial charge is 0.481 e. The Hall–Kier alpha value is -2.61. The average Bonchev–Trinajstić information content (AvgIpc) is 3.07. The Kier molecular flexibility index (Phi) is 9.50. The van der Waals surface area contributed by atoms with E-state index in [-0.39, 0.29) is 24.4 Å². The Morgan fingerprint density at radius 1 is 1.28 bits per heavy atom. The normalized spacial score (nSPS) is 21.0. The maximum absolute atomic E-state index is 12.1. The number of carbonyl (C=O) groups excluding carboxylic acids is 2. The van der Waals surface area contributed by atoms with Gasteiger partial charge >= 0.3 is 11.9 Å². The van der Waals surface area contributed by atoms with Crippen LogP contribution in [0.15, 0.2) is 40.5 Å². The van der Waals surface area contributed by atoms with Crippen molar-refractivity contribution in [3.63, 3.8) is 0 Å². The van der Waals surface area contributed by atoms with E-state index in [4.69, 9.17) is 10.8 Å². The summed E-state index contributed by atoms with van der Waals surface area (Å²) in [4.78, 5) is 50.7. The number of amides is 2. The van der Waals surface area contributed by atoms with Crippen LogP contribution in [0.3, 0.4) is 0 Å². The van der Waals surface area contributed by atoms with Crippen LogP contribution in [0.2, 0.25) is 0 Å². The van der Waals surface area contributed by atoms with Gasteiger partial charge in [-0.15, -0.1) is 11.8 Å². The first-order valence-electron chi connectivity index (χ1n) is 9.53. The van der Waals surface area contributed by atoms with Crippen molar-refractivity contribution in [3.05, 3.63) is 40.5 Å². The molecule has 11 nitrogen and oxygen atoms in total. The predicted molar refractivity (Wildman–Crippen MR) is 118 cm³/mol. The number of hydrogen-bond acceptors (Lipinski definition) is 9. The number of thioether (sulfide) groups is 2. The smallest absolute Gasteiger partial charge is 0.354 e. The van der Waals surface area contributed by atoms with Gasteiger partial charge in [-0.3, -0.25) is 24.3 Å². The fourth-order valence-electron chi connectivity index (χ4n) is 2.83. The minimum atomic E-state index is -1.26. The summed E-state index contributed by atoms with van der Waals surface area (Å²) in [6.45, 7) is 1.42. The van der Waals surface area contributed by atoms with Crippen LogP contribution in [0.1, 0.15) is 13.3 Å². The lowest BCUT2D eigenvalue weighted by atomic mass is 9.92. The summed E-state index contributed by atoms with van der Waals surface area (Å²) < 4.78 is 0.354. The van der Waals surface area contributed by atoms with Crippen molar-refractivity contribution in [2.75, 3.05) is 12.3 Å². The van der Waals surface area contributed by atoms with Crippen LogP contribution in [0.25, 0.3) is 0 Å². The molecule has 2 amide bonds. The Morgan fingerprint density at radius 3 is 2.41 bits per heavy atom. The first-order chi connectivity index (χ1) is 15.1. The number of pyridine rings is 1. The zero-order chi connectivity index (χ0) is 23.8. The van der Waals surface area contributed by atoms with Crippen molar-refractivity contribution >= 4 is 47.3 Å². The van der Waals surface area contributed by atoms with Gasteiger partial charge in [0.25, 0.3) is 0 Å². The molecule has 1 saturated heterocycles. The number of aliphatic carboxylic acids is 2. The quantitative estimate of drug-likeness (QED) is 0.295. The van der Waals surface area contributed by atoms with Crippen molar-refractivity contribution in [1.29, 1.82) is 0 Å². The van der Waals surface area contributed by atoms with Gasteiger partial charge in [0.1, 0.15) is 5.37 Å². The Bertz CT molecular complexity index is 855. The third-order valence-electron chi connectivity index (χ3n) is 4.40. The molecule has 0 saturated carbocycles. The highest BCUT2D eigenvalue weighted by molar-refractivity contribution is 8.22. The van der Waals surface area contributed by atoms with E-state index in [0.29, 0.717) is 4.24 Å². The molecule has 0 bridgehead atoms. The molecule has 3 rings (SSSR count). The molecule has 0 spiro atoms. The van der Waals surface area contributed by atoms with E-state index in [1.165, 1.54) is 6.92 Å². The van der Waals surface area contributed by atoms with Crippen molar-refractivity contribution in [2.24, 2.45) is 11.7 Å². The number of aliphatic hydroxyl groups is 1. The Labute approximate surface area is 192 Å². The third kappa shape index (κ3) is 6.45. The van der Waals surface area contributed by atoms with E-state index >= 15 is 0 Å². The van der Waals surface area contributed by atoms with Crippen LogP contribution in [0.5, 0.6) is 0 Å². The molecule has 13 heteroatoms. The van der Waals surface area contributed by atoms with Crippen LogP contribution >= 0.6 is 23.5 Å². The molecule has 1 aromatic heterocycles. The van der Waals surface area contributed by atoms with E-state index in [9.17, 15) is 29.4 Å². The summed E-state index contributed by atoms with van der Waals surface area (Å²) in [5, 5.41) is 29.5. The topological polar surface area (TPSA) is 183 Å². The Morgan fingerprint density at radius 2 is 1.94 bits per heavy atom. The Balaban J connectivity index is 0.000000520. The molecular formula is C19H24N4O7S2. The minimum Gasteiger partial charge on any atom is -0.481 e. The number of rotatable bonds is 9. The third-order valence-corrected chi connectivity index (χ3v) is 7.18. The number of nitrogens with zero attached hydrogens (tertiary/aromatic N) is 2. The van der Waals surface area contributed by atoms with Gasteiger partial charge < -0.3 is 26.4 Å². The van der Waals surface area contributed by atoms with Crippen molar-refractivity contribution in [1.82, 2.24) is 15.2 Å². The minimum absolute atomic E-state index is 0.0508. The molecule has 4 atom stereocenters. The van der Waals surface area contributed by atoms with Gasteiger partial charge in [0.2, 0.25) is 11.8 Å². The van der Waals surface area contributed by atoms with Crippen LogP contribution in [0, 0.1) is 5.92 Å². The van der Waals surface area contributed by atoms with Gasteiger partial charge in [-0.1, -0.05) is 17.8 Å². The van der Waals surface area contributed by atoms with Gasteiger partial charge in [-0.05, 0) is 19.1 Å². The second-order valence-electron chi connectivity index (χ2n) is 6.80. The molecule has 174 valence electrons. The average molecular weight is 485 g/mol. The summed E-state index contributed by atoms with van der Waals surface area (Å²) in [7, 11) is 0. The molecular weight excluding hydrogens is 460 g/mol. The SMILES string of the molecule is CC(O)[C@H]1C(=O)N2C(C(=O)O)=C(SC[C@H](N)C(=O)NCCC(=O)O)S[C@H]12.c1ccncc1. The first-order valence-corrected chi connectivity index (χ1v) is 11.4. The number of β-lactam (4-membered cyclic amide) rings is 1. The molecule has 2 aliphatic rings. The lowest BCUT2D eigenvalue weighted by Gasteiger charge is -2.43. The lowest BCUT2D eigenvalue weighted by molar-refractivity contribution is -0.156. The number of carboxylic acids is 2. The first kappa shape index (κ1) is 25.6. The summed E-state index contributed by atoms with van der Waals surface area (Å²) in [5.74, 6) is -3.90. The summed E-state index contributed by atoms with van der Waals surface area (Å²) in [5.41, 5.74) is 5.58. The van der Waals surface area contributed by atoms with E-state index in [1.54, 1.807) is 12.4 Å². The number of aliphatic hydroxyl groups excluding tert-OH is 1. The molecule has 1 fully saturated rings. The number of carbonyl (C=O) groups is 4. The standard InChI is InChI=1S/C14H19N3O7S2.C5H5N/c1-5(18)8-11(22)17-9(13(23)24)14(26-12(8)17)25-4-6(15)10(21)16-3-2-7(19)20;1-2-4-6-5-3-1/h5-6,8,12,18H,2-4,15H2,1H3,(H,16,21)(H,19,20)(H,23,24);1-5H/t5?,6-,8-,12+;/m0./s1.